The van der Waals surface area contributed by atoms with Crippen LogP contribution in [-0.2, 0) is 66.7 Å². The van der Waals surface area contributed by atoms with Crippen LogP contribution in [0.2, 0.25) is 0 Å². The fourth-order valence-corrected chi connectivity index (χ4v) is 15.9. The van der Waals surface area contributed by atoms with Gasteiger partial charge in [0.05, 0.1) is 49.3 Å². The number of ether oxygens (including phenoxy) is 10. The fraction of sp³-hybridized carbons (Fsp3) is 0.945. The van der Waals surface area contributed by atoms with Crippen molar-refractivity contribution in [3.63, 3.8) is 0 Å². The minimum absolute atomic E-state index is 0.00954. The average molecular weight is 1230 g/mol. The summed E-state index contributed by atoms with van der Waals surface area (Å²) < 4.78 is 102. The molecule has 5 saturated heterocycles. The van der Waals surface area contributed by atoms with Gasteiger partial charge in [0.25, 0.3) is 0 Å². The highest BCUT2D eigenvalue weighted by Crippen LogP contribution is 2.67. The lowest BCUT2D eigenvalue weighted by molar-refractivity contribution is -0.398. The lowest BCUT2D eigenvalue weighted by Crippen LogP contribution is -2.67. The molecule has 84 heavy (non-hydrogen) atoms. The fourth-order valence-electron chi connectivity index (χ4n) is 15.4. The highest BCUT2D eigenvalue weighted by Gasteiger charge is 2.64. The molecule has 0 aromatic heterocycles. The van der Waals surface area contributed by atoms with E-state index in [0.29, 0.717) is 32.1 Å². The maximum Gasteiger partial charge on any atom is 0.217 e. The molecule has 0 aromatic carbocycles. The number of aliphatic hydroxyl groups excluding tert-OH is 12. The highest BCUT2D eigenvalue weighted by atomic mass is 32.3. The number of hydrogen-bond acceptors (Lipinski definition) is 28. The minimum Gasteiger partial charge on any atom is -0.726 e. The van der Waals surface area contributed by atoms with Crippen molar-refractivity contribution in [3.05, 3.63) is 11.6 Å². The Bertz CT molecular complexity index is 2400. The third kappa shape index (κ3) is 12.9. The topological polar surface area (TPSA) is 439 Å². The van der Waals surface area contributed by atoms with Gasteiger partial charge in [-0.05, 0) is 107 Å². The average Bonchev–Trinajstić information content (AvgIpc) is 1.69. The zero-order valence-corrected chi connectivity index (χ0v) is 49.2. The summed E-state index contributed by atoms with van der Waals surface area (Å²) in [7, 11) is -5.13. The van der Waals surface area contributed by atoms with Gasteiger partial charge in [-0.2, -0.15) is 0 Å². The Labute approximate surface area is 487 Å². The summed E-state index contributed by atoms with van der Waals surface area (Å²) in [6.07, 6.45) is -37.8. The van der Waals surface area contributed by atoms with Crippen molar-refractivity contribution in [1.29, 1.82) is 0 Å². The Kier molecular flexibility index (Phi) is 20.3. The van der Waals surface area contributed by atoms with Crippen LogP contribution in [-0.4, -0.2) is 264 Å². The Morgan fingerprint density at radius 2 is 1.20 bits per heavy atom. The Morgan fingerprint density at radius 1 is 0.655 bits per heavy atom. The van der Waals surface area contributed by atoms with Crippen LogP contribution in [0.5, 0.6) is 0 Å². The van der Waals surface area contributed by atoms with E-state index in [9.17, 15) is 84.1 Å². The zero-order chi connectivity index (χ0) is 61.6. The van der Waals surface area contributed by atoms with Gasteiger partial charge >= 0.3 is 0 Å². The summed E-state index contributed by atoms with van der Waals surface area (Å²) in [5, 5.41) is 145. The Hall–Kier alpha value is -1.64. The standard InChI is InChI=1S/C55H90O28S/c1-20(2)29(57)17-55(8,69)33-10-9-26-25-16-30(28-15-24(83-84(70,71)72)11-13-53(28,6)27(25)12-14-54(26,33)7)77-50-44(68)45(36(60)23(5)76-50)80-51-46(81-48-42(66)39(63)34(58)21(3)74-48)38(62)32(19-73-51)79-52-47(41(65)37(61)31(18-56)78-52)82-49-43(67)40(64)35(59)22(4)75-49/h12,20-26,28,30-52,56,58-69H,9-11,13-19H2,1-8H3,(H,70,71,72)/p-1/t21-,22-,23-,24+,25+,26+,28-,30+,31-,32-,33+,34-,35+,36-,37+,38+,39+,40+,41+,42-,43-,44-,45+,46-,47-,48+,49+,50+,51+,52+,53-,54+,55?/m1/s1. The highest BCUT2D eigenvalue weighted by molar-refractivity contribution is 7.80. The normalized spacial score (nSPS) is 51.7. The summed E-state index contributed by atoms with van der Waals surface area (Å²) >= 11 is 0. The molecule has 0 bridgehead atoms. The molecule has 0 amide bonds. The Morgan fingerprint density at radius 3 is 1.77 bits per heavy atom. The van der Waals surface area contributed by atoms with E-state index in [2.05, 4.69) is 19.9 Å². The number of ketones is 1. The first-order chi connectivity index (χ1) is 39.2. The van der Waals surface area contributed by atoms with E-state index in [4.69, 9.17) is 51.6 Å². The molecule has 13 N–H and O–H groups in total. The van der Waals surface area contributed by atoms with Crippen molar-refractivity contribution in [2.24, 2.45) is 40.4 Å². The summed E-state index contributed by atoms with van der Waals surface area (Å²) in [6, 6.07) is 0. The second-order valence-electron chi connectivity index (χ2n) is 26.1. The zero-order valence-electron chi connectivity index (χ0n) is 48.4. The van der Waals surface area contributed by atoms with Gasteiger partial charge in [0, 0.05) is 12.3 Å². The molecule has 8 fully saturated rings. The predicted molar refractivity (Wildman–Crippen MR) is 279 cm³/mol. The lowest BCUT2D eigenvalue weighted by Gasteiger charge is -2.60. The van der Waals surface area contributed by atoms with E-state index in [1.54, 1.807) is 20.8 Å². The van der Waals surface area contributed by atoms with Crippen LogP contribution in [0.25, 0.3) is 0 Å². The molecule has 0 radical (unpaired) electrons. The van der Waals surface area contributed by atoms with Crippen molar-refractivity contribution in [1.82, 2.24) is 0 Å². The van der Waals surface area contributed by atoms with Crippen LogP contribution in [0, 0.1) is 40.4 Å². The molecule has 5 heterocycles. The van der Waals surface area contributed by atoms with Crippen molar-refractivity contribution < 1.29 is 136 Å². The first kappa shape index (κ1) is 66.8. The number of carbonyl (C=O) groups is 1. The number of carbonyl (C=O) groups excluding carboxylic acids is 1. The molecule has 5 aliphatic heterocycles. The van der Waals surface area contributed by atoms with Crippen molar-refractivity contribution >= 4 is 16.2 Å². The molecule has 1 unspecified atom stereocenters. The molecule has 9 rings (SSSR count). The smallest absolute Gasteiger partial charge is 0.217 e. The van der Waals surface area contributed by atoms with Crippen LogP contribution < -0.4 is 0 Å². The molecule has 29 heteroatoms. The maximum absolute atomic E-state index is 13.1. The first-order valence-corrected chi connectivity index (χ1v) is 30.7. The van der Waals surface area contributed by atoms with E-state index in [1.165, 1.54) is 20.8 Å². The second-order valence-corrected chi connectivity index (χ2v) is 27.1. The number of aliphatic hydroxyl groups is 13. The largest absolute Gasteiger partial charge is 0.726 e. The van der Waals surface area contributed by atoms with Gasteiger partial charge in [0.1, 0.15) is 103 Å². The van der Waals surface area contributed by atoms with Crippen molar-refractivity contribution in [2.75, 3.05) is 13.2 Å². The van der Waals surface area contributed by atoms with Gasteiger partial charge in [0.2, 0.25) is 10.4 Å². The summed E-state index contributed by atoms with van der Waals surface area (Å²) in [5.41, 5.74) is -1.32. The van der Waals surface area contributed by atoms with Gasteiger partial charge < -0.3 is 118 Å². The van der Waals surface area contributed by atoms with Crippen molar-refractivity contribution in [2.45, 2.75) is 272 Å². The molecule has 0 aromatic rings. The summed E-state index contributed by atoms with van der Waals surface area (Å²) in [4.78, 5) is 13.1. The molecule has 33 atom stereocenters. The quantitative estimate of drug-likeness (QED) is 0.0383. The minimum atomic E-state index is -5.13. The van der Waals surface area contributed by atoms with Crippen LogP contribution in [0.4, 0.5) is 0 Å². The summed E-state index contributed by atoms with van der Waals surface area (Å²) in [6.45, 7) is 12.2. The van der Waals surface area contributed by atoms with E-state index >= 15 is 0 Å². The lowest BCUT2D eigenvalue weighted by atomic mass is 9.47. The molecule has 484 valence electrons. The number of Topliss-reactive ketones (excluding diaryl/α,β-unsaturated/α-hetero) is 1. The number of allylic oxidation sites excluding steroid dienone is 2. The number of hydrogen-bond donors (Lipinski definition) is 13. The first-order valence-electron chi connectivity index (χ1n) is 29.4. The molecule has 0 spiro atoms. The van der Waals surface area contributed by atoms with Crippen LogP contribution >= 0.6 is 0 Å². The van der Waals surface area contributed by atoms with E-state index in [-0.39, 0.29) is 48.7 Å². The molecule has 28 nitrogen and oxygen atoms in total. The van der Waals surface area contributed by atoms with Crippen LogP contribution in [0.1, 0.15) is 107 Å². The Balaban J connectivity index is 0.985. The predicted octanol–water partition coefficient (Wildman–Crippen LogP) is -3.41. The van der Waals surface area contributed by atoms with Gasteiger partial charge in [0.15, 0.2) is 31.5 Å². The molecular formula is C55H89O28S-. The molecule has 9 aliphatic rings. The number of fused-ring (bicyclic) bond motifs is 5. The van der Waals surface area contributed by atoms with Crippen molar-refractivity contribution in [3.8, 4) is 0 Å². The van der Waals surface area contributed by atoms with E-state index in [0.717, 1.165) is 5.57 Å². The SMILES string of the molecule is CC(C)C(=O)CC(C)(O)[C@H]1CC[C@H]2[C@@H]3C[C@H](O[C@@H]4O[C@H](C)[C@@H](O)[C@H](O[C@@H]5OC[C@@H](O[C@@H]6O[C@H](CO)[C@H](O)[C@H](O)[C@H]6O[C@@H]6O[C@H](C)[C@H](O)[C@H](O)[C@H]6O)[C@H](O)[C@H]5O[C@@H]5O[C@H](C)[C@@H](O)[C@H](O)[C@H]5O)[C@H]4O)[C@H]4C[C@@H](OS(=O)(=O)[O-])CC[C@]4(C)C3=CC[C@]12C. The van der Waals surface area contributed by atoms with Gasteiger partial charge in [-0.3, -0.25) is 8.98 Å². The van der Waals surface area contributed by atoms with Gasteiger partial charge in [-0.1, -0.05) is 39.3 Å². The van der Waals surface area contributed by atoms with Gasteiger partial charge in [-0.15, -0.1) is 0 Å². The van der Waals surface area contributed by atoms with E-state index in [1.807, 2.05) is 0 Å². The summed E-state index contributed by atoms with van der Waals surface area (Å²) in [5.74, 6) is -1.29. The number of rotatable bonds is 17. The van der Waals surface area contributed by atoms with Crippen LogP contribution in [0.3, 0.4) is 0 Å². The third-order valence-electron chi connectivity index (χ3n) is 20.3. The molecule has 4 aliphatic carbocycles. The molecule has 3 saturated carbocycles. The third-order valence-corrected chi connectivity index (χ3v) is 20.8. The monoisotopic (exact) mass is 1230 g/mol. The second kappa shape index (κ2) is 25.6. The maximum atomic E-state index is 13.1. The van der Waals surface area contributed by atoms with Gasteiger partial charge in [-0.25, -0.2) is 8.42 Å². The van der Waals surface area contributed by atoms with E-state index < -0.39 is 206 Å². The molecular weight excluding hydrogens is 1140 g/mol. The van der Waals surface area contributed by atoms with Crippen LogP contribution in [0.15, 0.2) is 11.6 Å².